The number of hydrogen-bond acceptors (Lipinski definition) is 8. The second kappa shape index (κ2) is 11.7. The lowest BCUT2D eigenvalue weighted by atomic mass is 9.88. The zero-order valence-corrected chi connectivity index (χ0v) is 22.8. The van der Waals surface area contributed by atoms with Gasteiger partial charge in [-0.25, -0.2) is 4.98 Å². The molecule has 0 radical (unpaired) electrons. The topological polar surface area (TPSA) is 143 Å². The van der Waals surface area contributed by atoms with E-state index in [4.69, 9.17) is 9.72 Å². The van der Waals surface area contributed by atoms with Gasteiger partial charge in [0.25, 0.3) is 11.2 Å². The van der Waals surface area contributed by atoms with E-state index in [2.05, 4.69) is 21.0 Å². The first-order chi connectivity index (χ1) is 19.3. The van der Waals surface area contributed by atoms with Gasteiger partial charge in [-0.15, -0.1) is 0 Å². The van der Waals surface area contributed by atoms with Gasteiger partial charge in [-0.2, -0.15) is 9.78 Å². The molecular weight excluding hydrogens is 582 g/mol. The average molecular weight is 606 g/mol. The van der Waals surface area contributed by atoms with E-state index in [1.54, 1.807) is 18.2 Å². The fourth-order valence-corrected chi connectivity index (χ4v) is 5.14. The van der Waals surface area contributed by atoms with Crippen molar-refractivity contribution in [3.05, 3.63) is 113 Å². The molecule has 0 unspecified atom stereocenters. The van der Waals surface area contributed by atoms with E-state index >= 15 is 0 Å². The summed E-state index contributed by atoms with van der Waals surface area (Å²) in [5.41, 5.74) is 0.997. The molecule has 0 N–H and O–H groups in total. The summed E-state index contributed by atoms with van der Waals surface area (Å²) >= 11 is 3.41. The Bertz CT molecular complexity index is 1680. The number of nitro groups is 2. The van der Waals surface area contributed by atoms with E-state index in [0.717, 1.165) is 36.6 Å². The highest BCUT2D eigenvalue weighted by atomic mass is 79.9. The number of benzene rings is 3. The van der Waals surface area contributed by atoms with Crippen LogP contribution < -0.4 is 10.3 Å². The van der Waals surface area contributed by atoms with E-state index in [-0.39, 0.29) is 35.2 Å². The van der Waals surface area contributed by atoms with Gasteiger partial charge in [0.2, 0.25) is 0 Å². The number of halogens is 1. The number of nitro benzene ring substituents is 2. The van der Waals surface area contributed by atoms with Crippen LogP contribution >= 0.6 is 15.9 Å². The van der Waals surface area contributed by atoms with Crippen LogP contribution in [0.25, 0.3) is 10.9 Å². The Morgan fingerprint density at radius 2 is 1.75 bits per heavy atom. The van der Waals surface area contributed by atoms with Crippen LogP contribution in [0.2, 0.25) is 0 Å². The first-order valence-electron chi connectivity index (χ1n) is 12.7. The molecule has 0 saturated heterocycles. The molecule has 4 aromatic rings. The minimum atomic E-state index is -0.558. The minimum absolute atomic E-state index is 0.00920. The molecule has 12 heteroatoms. The third-order valence-electron chi connectivity index (χ3n) is 6.85. The van der Waals surface area contributed by atoms with Crippen molar-refractivity contribution >= 4 is 44.4 Å². The molecule has 0 amide bonds. The lowest BCUT2D eigenvalue weighted by molar-refractivity contribution is -0.386. The molecule has 0 atom stereocenters. The molecule has 1 saturated carbocycles. The summed E-state index contributed by atoms with van der Waals surface area (Å²) in [5, 5.41) is 27.5. The molecule has 1 aliphatic carbocycles. The third kappa shape index (κ3) is 5.91. The maximum atomic E-state index is 13.5. The molecule has 0 aliphatic heterocycles. The summed E-state index contributed by atoms with van der Waals surface area (Å²) in [6.45, 7) is -0.00920. The molecule has 11 nitrogen and oxygen atoms in total. The van der Waals surface area contributed by atoms with Crippen molar-refractivity contribution in [1.29, 1.82) is 0 Å². The fourth-order valence-electron chi connectivity index (χ4n) is 4.78. The molecule has 0 spiro atoms. The summed E-state index contributed by atoms with van der Waals surface area (Å²) in [5.74, 6) is 0.724. The first kappa shape index (κ1) is 27.1. The molecule has 1 aromatic heterocycles. The molecule has 204 valence electrons. The molecule has 1 heterocycles. The monoisotopic (exact) mass is 605 g/mol. The summed E-state index contributed by atoms with van der Waals surface area (Å²) in [6.07, 6.45) is 6.48. The van der Waals surface area contributed by atoms with Gasteiger partial charge in [0.15, 0.2) is 5.75 Å². The summed E-state index contributed by atoms with van der Waals surface area (Å²) in [6, 6.07) is 15.5. The van der Waals surface area contributed by atoms with Crippen molar-refractivity contribution in [1.82, 2.24) is 9.66 Å². The second-order valence-corrected chi connectivity index (χ2v) is 10.4. The number of ether oxygens (including phenoxy) is 1. The standard InChI is InChI=1S/C28H24BrN5O6/c29-21-9-12-24-23(15-21)28(35)32(27(31-24)20-4-2-1-3-5-20)30-16-19-8-13-26(25(14-19)34(38)39)40-17-18-6-10-22(11-7-18)33(36)37/h6-16,20H,1-5,17H2. The van der Waals surface area contributed by atoms with Crippen LogP contribution in [-0.2, 0) is 6.61 Å². The van der Waals surface area contributed by atoms with Crippen LogP contribution in [-0.4, -0.2) is 25.7 Å². The molecule has 5 rings (SSSR count). The van der Waals surface area contributed by atoms with Gasteiger partial charge in [-0.05, 0) is 60.9 Å². The number of nitrogens with zero attached hydrogens (tertiary/aromatic N) is 5. The summed E-state index contributed by atoms with van der Waals surface area (Å²) < 4.78 is 7.72. The van der Waals surface area contributed by atoms with Crippen molar-refractivity contribution < 1.29 is 14.6 Å². The Kier molecular flexibility index (Phi) is 7.96. The van der Waals surface area contributed by atoms with Gasteiger partial charge in [0.1, 0.15) is 12.4 Å². The zero-order valence-electron chi connectivity index (χ0n) is 21.2. The number of fused-ring (bicyclic) bond motifs is 1. The molecule has 1 fully saturated rings. The zero-order chi connectivity index (χ0) is 28.2. The molecule has 0 bridgehead atoms. The second-order valence-electron chi connectivity index (χ2n) is 9.52. The van der Waals surface area contributed by atoms with Crippen molar-refractivity contribution in [2.45, 2.75) is 44.6 Å². The van der Waals surface area contributed by atoms with E-state index in [9.17, 15) is 25.0 Å². The van der Waals surface area contributed by atoms with Crippen molar-refractivity contribution in [2.75, 3.05) is 0 Å². The minimum Gasteiger partial charge on any atom is -0.482 e. The van der Waals surface area contributed by atoms with Crippen molar-refractivity contribution in [3.63, 3.8) is 0 Å². The van der Waals surface area contributed by atoms with Crippen LogP contribution in [0.15, 0.2) is 75.0 Å². The maximum Gasteiger partial charge on any atom is 0.311 e. The SMILES string of the molecule is O=c1c2cc(Br)ccc2nc(C2CCCCC2)n1N=Cc1ccc(OCc2ccc([N+](=O)[O-])cc2)c([N+](=O)[O-])c1. The number of rotatable bonds is 8. The number of aromatic nitrogens is 2. The normalized spacial score (nSPS) is 14.0. The highest BCUT2D eigenvalue weighted by Gasteiger charge is 2.23. The summed E-state index contributed by atoms with van der Waals surface area (Å²) in [4.78, 5) is 39.9. The van der Waals surface area contributed by atoms with Crippen LogP contribution in [0.4, 0.5) is 11.4 Å². The van der Waals surface area contributed by atoms with Gasteiger partial charge in [-0.1, -0.05) is 35.2 Å². The third-order valence-corrected chi connectivity index (χ3v) is 7.34. The van der Waals surface area contributed by atoms with E-state index in [0.29, 0.717) is 27.9 Å². The largest absolute Gasteiger partial charge is 0.482 e. The van der Waals surface area contributed by atoms with Crippen molar-refractivity contribution in [2.24, 2.45) is 5.10 Å². The lowest BCUT2D eigenvalue weighted by Gasteiger charge is -2.22. The Hall–Kier alpha value is -4.45. The Morgan fingerprint density at radius 3 is 2.45 bits per heavy atom. The van der Waals surface area contributed by atoms with Gasteiger partial charge in [-0.3, -0.25) is 25.0 Å². The Labute approximate surface area is 236 Å². The molecule has 40 heavy (non-hydrogen) atoms. The molecule has 1 aliphatic rings. The molecular formula is C28H24BrN5O6. The number of non-ortho nitro benzene ring substituents is 1. The Balaban J connectivity index is 1.45. The highest BCUT2D eigenvalue weighted by Crippen LogP contribution is 2.32. The van der Waals surface area contributed by atoms with Crippen LogP contribution in [0, 0.1) is 20.2 Å². The van der Waals surface area contributed by atoms with Crippen LogP contribution in [0.1, 0.15) is 55.0 Å². The summed E-state index contributed by atoms with van der Waals surface area (Å²) in [7, 11) is 0. The van der Waals surface area contributed by atoms with Gasteiger partial charge >= 0.3 is 5.69 Å². The fraction of sp³-hybridized carbons (Fsp3) is 0.250. The molecule has 3 aromatic carbocycles. The first-order valence-corrected chi connectivity index (χ1v) is 13.5. The lowest BCUT2D eigenvalue weighted by Crippen LogP contribution is -2.25. The Morgan fingerprint density at radius 1 is 1.00 bits per heavy atom. The smallest absolute Gasteiger partial charge is 0.311 e. The van der Waals surface area contributed by atoms with Gasteiger partial charge < -0.3 is 4.74 Å². The van der Waals surface area contributed by atoms with E-state index < -0.39 is 9.85 Å². The number of hydrogen-bond donors (Lipinski definition) is 0. The van der Waals surface area contributed by atoms with Gasteiger partial charge in [0.05, 0.1) is 27.0 Å². The van der Waals surface area contributed by atoms with Crippen molar-refractivity contribution in [3.8, 4) is 5.75 Å². The van der Waals surface area contributed by atoms with Gasteiger partial charge in [0, 0.05) is 34.2 Å². The predicted molar refractivity (Wildman–Crippen MR) is 153 cm³/mol. The van der Waals surface area contributed by atoms with Crippen LogP contribution in [0.5, 0.6) is 5.75 Å². The predicted octanol–water partition coefficient (Wildman–Crippen LogP) is 6.48. The van der Waals surface area contributed by atoms with Crippen LogP contribution in [0.3, 0.4) is 0 Å². The maximum absolute atomic E-state index is 13.5. The van der Waals surface area contributed by atoms with E-state index in [1.165, 1.54) is 47.3 Å². The highest BCUT2D eigenvalue weighted by molar-refractivity contribution is 9.10. The quantitative estimate of drug-likeness (QED) is 0.127. The van der Waals surface area contributed by atoms with E-state index in [1.807, 2.05) is 6.07 Å². The average Bonchev–Trinajstić information content (AvgIpc) is 2.96.